The third-order valence-corrected chi connectivity index (χ3v) is 4.16. The number of pyridine rings is 1. The maximum Gasteiger partial charge on any atom is 0.127 e. The van der Waals surface area contributed by atoms with E-state index in [0.29, 0.717) is 6.54 Å². The number of nitrogens with one attached hydrogen (secondary N) is 1. The number of hydrogen-bond acceptors (Lipinski definition) is 4. The summed E-state index contributed by atoms with van der Waals surface area (Å²) in [6.07, 6.45) is 1.81. The van der Waals surface area contributed by atoms with Crippen LogP contribution in [0.3, 0.4) is 0 Å². The number of fused-ring (bicyclic) bond motifs is 1. The van der Waals surface area contributed by atoms with Gasteiger partial charge in [0.25, 0.3) is 0 Å². The molecule has 0 aliphatic heterocycles. The number of aromatic nitrogens is 1. The van der Waals surface area contributed by atoms with E-state index in [2.05, 4.69) is 32.3 Å². The highest BCUT2D eigenvalue weighted by Gasteiger charge is 2.07. The van der Waals surface area contributed by atoms with Gasteiger partial charge in [0, 0.05) is 39.9 Å². The topological polar surface area (TPSA) is 43.4 Å². The molecule has 4 nitrogen and oxygen atoms in total. The molecule has 0 saturated heterocycles. The van der Waals surface area contributed by atoms with Crippen molar-refractivity contribution < 1.29 is 9.47 Å². The zero-order chi connectivity index (χ0) is 16.2. The van der Waals surface area contributed by atoms with Crippen molar-refractivity contribution in [3.8, 4) is 11.5 Å². The second kappa shape index (κ2) is 6.87. The minimum absolute atomic E-state index is 0.652. The minimum Gasteiger partial charge on any atom is -0.497 e. The lowest BCUT2D eigenvalue weighted by molar-refractivity contribution is 0.391. The fourth-order valence-corrected chi connectivity index (χ4v) is 2.82. The van der Waals surface area contributed by atoms with Gasteiger partial charge in [-0.15, -0.1) is 0 Å². The number of halogens is 1. The Hall–Kier alpha value is -2.27. The lowest BCUT2D eigenvalue weighted by Gasteiger charge is -2.13. The van der Waals surface area contributed by atoms with Crippen LogP contribution in [0.15, 0.2) is 53.1 Å². The number of rotatable bonds is 5. The summed E-state index contributed by atoms with van der Waals surface area (Å²) in [6, 6.07) is 13.9. The van der Waals surface area contributed by atoms with Crippen molar-refractivity contribution in [3.63, 3.8) is 0 Å². The Morgan fingerprint density at radius 3 is 2.70 bits per heavy atom. The van der Waals surface area contributed by atoms with E-state index in [9.17, 15) is 0 Å². The fourth-order valence-electron chi connectivity index (χ4n) is 2.46. The summed E-state index contributed by atoms with van der Waals surface area (Å²) in [5.74, 6) is 1.58. The van der Waals surface area contributed by atoms with E-state index in [1.807, 2.05) is 42.6 Å². The van der Waals surface area contributed by atoms with Gasteiger partial charge in [-0.05, 0) is 36.4 Å². The smallest absolute Gasteiger partial charge is 0.127 e. The first kappa shape index (κ1) is 15.6. The Labute approximate surface area is 143 Å². The molecule has 1 aromatic heterocycles. The molecule has 1 heterocycles. The number of nitrogens with zero attached hydrogens (tertiary/aromatic N) is 1. The van der Waals surface area contributed by atoms with Crippen LogP contribution in [-0.2, 0) is 6.54 Å². The largest absolute Gasteiger partial charge is 0.497 e. The number of benzene rings is 2. The van der Waals surface area contributed by atoms with E-state index < -0.39 is 0 Å². The summed E-state index contributed by atoms with van der Waals surface area (Å²) in [7, 11) is 3.31. The molecule has 23 heavy (non-hydrogen) atoms. The molecule has 118 valence electrons. The third kappa shape index (κ3) is 3.40. The van der Waals surface area contributed by atoms with Gasteiger partial charge in [-0.2, -0.15) is 0 Å². The lowest BCUT2D eigenvalue weighted by Crippen LogP contribution is -2.03. The maximum atomic E-state index is 5.44. The van der Waals surface area contributed by atoms with Crippen LogP contribution in [0, 0.1) is 0 Å². The average molecular weight is 373 g/mol. The van der Waals surface area contributed by atoms with Gasteiger partial charge in [0.1, 0.15) is 11.5 Å². The van der Waals surface area contributed by atoms with Crippen molar-refractivity contribution in [2.24, 2.45) is 0 Å². The summed E-state index contributed by atoms with van der Waals surface area (Å²) < 4.78 is 11.7. The third-order valence-electron chi connectivity index (χ3n) is 3.67. The standard InChI is InChI=1S/C18H17BrN2O2/c1-22-14-5-3-12(18(10-14)23-2)11-21-17-7-8-20-16-6-4-13(19)9-15(16)17/h3-10H,11H2,1-2H3,(H,20,21). The molecule has 3 rings (SSSR count). The first-order valence-corrected chi connectivity index (χ1v) is 7.99. The first-order chi connectivity index (χ1) is 11.2. The molecule has 0 fully saturated rings. The van der Waals surface area contributed by atoms with Crippen LogP contribution in [-0.4, -0.2) is 19.2 Å². The van der Waals surface area contributed by atoms with Gasteiger partial charge in [0.05, 0.1) is 19.7 Å². The lowest BCUT2D eigenvalue weighted by atomic mass is 10.1. The van der Waals surface area contributed by atoms with Crippen LogP contribution < -0.4 is 14.8 Å². The van der Waals surface area contributed by atoms with Crippen LogP contribution in [0.1, 0.15) is 5.56 Å². The molecule has 0 amide bonds. The van der Waals surface area contributed by atoms with Gasteiger partial charge in [0.2, 0.25) is 0 Å². The Bertz CT molecular complexity index is 836. The predicted molar refractivity (Wildman–Crippen MR) is 96.3 cm³/mol. The molecule has 5 heteroatoms. The molecule has 1 N–H and O–H groups in total. The van der Waals surface area contributed by atoms with Crippen LogP contribution in [0.4, 0.5) is 5.69 Å². The number of hydrogen-bond donors (Lipinski definition) is 1. The second-order valence-electron chi connectivity index (χ2n) is 5.05. The number of ether oxygens (including phenoxy) is 2. The monoisotopic (exact) mass is 372 g/mol. The van der Waals surface area contributed by atoms with E-state index in [4.69, 9.17) is 9.47 Å². The van der Waals surface area contributed by atoms with Gasteiger partial charge in [-0.1, -0.05) is 15.9 Å². The van der Waals surface area contributed by atoms with Crippen molar-refractivity contribution in [1.82, 2.24) is 4.98 Å². The van der Waals surface area contributed by atoms with Crippen molar-refractivity contribution in [2.45, 2.75) is 6.54 Å². The molecule has 0 bridgehead atoms. The zero-order valence-electron chi connectivity index (χ0n) is 13.0. The van der Waals surface area contributed by atoms with Crippen LogP contribution in [0.2, 0.25) is 0 Å². The Morgan fingerprint density at radius 1 is 1.04 bits per heavy atom. The molecule has 0 aliphatic carbocycles. The zero-order valence-corrected chi connectivity index (χ0v) is 14.6. The molecule has 0 saturated carbocycles. The van der Waals surface area contributed by atoms with Gasteiger partial charge >= 0.3 is 0 Å². The predicted octanol–water partition coefficient (Wildman–Crippen LogP) is 4.63. The van der Waals surface area contributed by atoms with E-state index in [0.717, 1.165) is 38.1 Å². The van der Waals surface area contributed by atoms with Crippen LogP contribution in [0.25, 0.3) is 10.9 Å². The average Bonchev–Trinajstić information content (AvgIpc) is 2.59. The molecule has 3 aromatic rings. The van der Waals surface area contributed by atoms with E-state index in [-0.39, 0.29) is 0 Å². The Morgan fingerprint density at radius 2 is 1.91 bits per heavy atom. The van der Waals surface area contributed by atoms with Crippen molar-refractivity contribution >= 4 is 32.5 Å². The maximum absolute atomic E-state index is 5.44. The summed E-state index contributed by atoms with van der Waals surface area (Å²) in [5, 5.41) is 4.54. The van der Waals surface area contributed by atoms with Gasteiger partial charge < -0.3 is 14.8 Å². The Balaban J connectivity index is 1.88. The molecule has 2 aromatic carbocycles. The number of methoxy groups -OCH3 is 2. The molecule has 0 aliphatic rings. The van der Waals surface area contributed by atoms with Gasteiger partial charge in [-0.25, -0.2) is 0 Å². The first-order valence-electron chi connectivity index (χ1n) is 7.20. The number of anilines is 1. The van der Waals surface area contributed by atoms with E-state index in [1.165, 1.54) is 0 Å². The van der Waals surface area contributed by atoms with Gasteiger partial charge in [0.15, 0.2) is 0 Å². The summed E-state index contributed by atoms with van der Waals surface area (Å²) in [6.45, 7) is 0.652. The normalized spacial score (nSPS) is 10.6. The molecule has 0 unspecified atom stereocenters. The molecular formula is C18H17BrN2O2. The highest BCUT2D eigenvalue weighted by Crippen LogP contribution is 2.28. The molecule has 0 atom stereocenters. The summed E-state index contributed by atoms with van der Waals surface area (Å²) in [5.41, 5.74) is 3.06. The quantitative estimate of drug-likeness (QED) is 0.709. The highest BCUT2D eigenvalue weighted by molar-refractivity contribution is 9.10. The van der Waals surface area contributed by atoms with E-state index >= 15 is 0 Å². The van der Waals surface area contributed by atoms with Crippen molar-refractivity contribution in [3.05, 3.63) is 58.7 Å². The van der Waals surface area contributed by atoms with Crippen molar-refractivity contribution in [1.29, 1.82) is 0 Å². The Kier molecular flexibility index (Phi) is 4.67. The van der Waals surface area contributed by atoms with Crippen molar-refractivity contribution in [2.75, 3.05) is 19.5 Å². The second-order valence-corrected chi connectivity index (χ2v) is 5.97. The SMILES string of the molecule is COc1ccc(CNc2ccnc3ccc(Br)cc23)c(OC)c1. The van der Waals surface area contributed by atoms with E-state index in [1.54, 1.807) is 14.2 Å². The summed E-state index contributed by atoms with van der Waals surface area (Å²) >= 11 is 3.51. The van der Waals surface area contributed by atoms with Crippen LogP contribution in [0.5, 0.6) is 11.5 Å². The van der Waals surface area contributed by atoms with Gasteiger partial charge in [-0.3, -0.25) is 4.98 Å². The molecular weight excluding hydrogens is 356 g/mol. The highest BCUT2D eigenvalue weighted by atomic mass is 79.9. The fraction of sp³-hybridized carbons (Fsp3) is 0.167. The molecule has 0 spiro atoms. The summed E-state index contributed by atoms with van der Waals surface area (Å²) in [4.78, 5) is 4.39. The van der Waals surface area contributed by atoms with Crippen LogP contribution >= 0.6 is 15.9 Å². The molecule has 0 radical (unpaired) electrons. The minimum atomic E-state index is 0.652.